The third kappa shape index (κ3) is 4.13. The zero-order valence-corrected chi connectivity index (χ0v) is 19.9. The molecular weight excluding hydrogens is 406 g/mol. The van der Waals surface area contributed by atoms with Crippen molar-refractivity contribution in [3.05, 3.63) is 78.4 Å². The van der Waals surface area contributed by atoms with Crippen LogP contribution in [-0.2, 0) is 11.8 Å². The summed E-state index contributed by atoms with van der Waals surface area (Å²) in [5.74, 6) is 0.572. The lowest BCUT2D eigenvalue weighted by Crippen LogP contribution is -2.12. The highest BCUT2D eigenvalue weighted by molar-refractivity contribution is 5.92. The quantitative estimate of drug-likeness (QED) is 0.292. The Kier molecular flexibility index (Phi) is 5.24. The van der Waals surface area contributed by atoms with E-state index in [1.807, 2.05) is 12.3 Å². The van der Waals surface area contributed by atoms with Crippen LogP contribution < -0.4 is 0 Å². The first kappa shape index (κ1) is 21.3. The van der Waals surface area contributed by atoms with Gasteiger partial charge in [-0.25, -0.2) is 9.97 Å². The lowest BCUT2D eigenvalue weighted by molar-refractivity contribution is 0.596. The van der Waals surface area contributed by atoms with Gasteiger partial charge in [0.25, 0.3) is 0 Å². The van der Waals surface area contributed by atoms with Crippen molar-refractivity contribution >= 4 is 21.9 Å². The molecule has 2 aromatic carbocycles. The van der Waals surface area contributed by atoms with Crippen molar-refractivity contribution in [2.45, 2.75) is 46.5 Å². The van der Waals surface area contributed by atoms with Crippen LogP contribution in [0.25, 0.3) is 44.4 Å². The fraction of sp³-hybridized carbons (Fsp3) is 0.276. The maximum absolute atomic E-state index is 5.87. The summed E-state index contributed by atoms with van der Waals surface area (Å²) in [6.07, 6.45) is 6.31. The zero-order chi connectivity index (χ0) is 23.2. The molecule has 0 saturated carbocycles. The molecule has 4 nitrogen and oxygen atoms in total. The Hall–Kier alpha value is -3.53. The third-order valence-corrected chi connectivity index (χ3v) is 6.02. The number of furan rings is 1. The van der Waals surface area contributed by atoms with Gasteiger partial charge in [-0.2, -0.15) is 0 Å². The number of nitrogens with zero attached hydrogens (tertiary/aromatic N) is 3. The van der Waals surface area contributed by atoms with E-state index in [0.29, 0.717) is 5.92 Å². The third-order valence-electron chi connectivity index (χ3n) is 6.02. The molecule has 0 radical (unpaired) electrons. The van der Waals surface area contributed by atoms with Gasteiger partial charge in [-0.15, -0.1) is 0 Å². The highest BCUT2D eigenvalue weighted by atomic mass is 16.3. The monoisotopic (exact) mass is 435 g/mol. The molecule has 5 aromatic rings. The Labute approximate surface area is 194 Å². The number of aromatic nitrogens is 3. The number of fused-ring (bicyclic) bond motifs is 2. The number of hydrogen-bond acceptors (Lipinski definition) is 4. The Balaban J connectivity index is 1.60. The van der Waals surface area contributed by atoms with Crippen LogP contribution in [0.3, 0.4) is 0 Å². The fourth-order valence-electron chi connectivity index (χ4n) is 4.46. The van der Waals surface area contributed by atoms with Gasteiger partial charge in [-0.1, -0.05) is 58.9 Å². The Bertz CT molecular complexity index is 1460. The molecule has 33 heavy (non-hydrogen) atoms. The smallest absolute Gasteiger partial charge is 0.153 e. The molecule has 0 aliphatic heterocycles. The molecule has 0 saturated heterocycles. The molecule has 5 rings (SSSR count). The second kappa shape index (κ2) is 8.11. The molecule has 3 aromatic heterocycles. The minimum absolute atomic E-state index is 0.0177. The first-order valence-corrected chi connectivity index (χ1v) is 11.5. The average Bonchev–Trinajstić information content (AvgIpc) is 3.20. The van der Waals surface area contributed by atoms with E-state index in [1.165, 1.54) is 21.9 Å². The second-order valence-electron chi connectivity index (χ2n) is 10.2. The van der Waals surface area contributed by atoms with Crippen molar-refractivity contribution in [2.75, 3.05) is 0 Å². The molecule has 0 amide bonds. The summed E-state index contributed by atoms with van der Waals surface area (Å²) in [5.41, 5.74) is 7.82. The minimum Gasteiger partial charge on any atom is -0.462 e. The van der Waals surface area contributed by atoms with Crippen LogP contribution in [0.1, 0.15) is 45.7 Å². The SMILES string of the molecule is CC(C)Cc1cnc2c(-c3cc(-c4cc(C(C)(C)C)c5ccccc5c4)ncn3)coc2c1. The van der Waals surface area contributed by atoms with Gasteiger partial charge in [0.15, 0.2) is 5.58 Å². The van der Waals surface area contributed by atoms with Crippen LogP contribution in [0, 0.1) is 5.92 Å². The van der Waals surface area contributed by atoms with E-state index in [9.17, 15) is 0 Å². The summed E-state index contributed by atoms with van der Waals surface area (Å²) in [6.45, 7) is 11.2. The van der Waals surface area contributed by atoms with E-state index in [4.69, 9.17) is 9.40 Å². The normalized spacial score (nSPS) is 12.2. The lowest BCUT2D eigenvalue weighted by atomic mass is 9.82. The van der Waals surface area contributed by atoms with Crippen molar-refractivity contribution in [3.8, 4) is 22.5 Å². The van der Waals surface area contributed by atoms with Crippen molar-refractivity contribution in [3.63, 3.8) is 0 Å². The molecule has 0 fully saturated rings. The molecule has 0 unspecified atom stereocenters. The van der Waals surface area contributed by atoms with Gasteiger partial charge >= 0.3 is 0 Å². The largest absolute Gasteiger partial charge is 0.462 e. The maximum atomic E-state index is 5.87. The Morgan fingerprint density at radius 3 is 2.48 bits per heavy atom. The summed E-state index contributed by atoms with van der Waals surface area (Å²) in [7, 11) is 0. The standard InChI is InChI=1S/C29H29N3O/c1-18(2)10-19-11-27-28(30-15-19)23(16-33-27)26-14-25(31-17-32-26)21-12-20-8-6-7-9-22(20)24(13-21)29(3,4)5/h6-9,11-18H,10H2,1-5H3. The second-order valence-corrected chi connectivity index (χ2v) is 10.2. The van der Waals surface area contributed by atoms with Crippen LogP contribution in [0.4, 0.5) is 0 Å². The first-order chi connectivity index (χ1) is 15.8. The van der Waals surface area contributed by atoms with E-state index in [-0.39, 0.29) is 5.41 Å². The molecular formula is C29H29N3O. The van der Waals surface area contributed by atoms with Crippen LogP contribution in [0.15, 0.2) is 71.7 Å². The maximum Gasteiger partial charge on any atom is 0.153 e. The zero-order valence-electron chi connectivity index (χ0n) is 19.9. The van der Waals surface area contributed by atoms with Gasteiger partial charge < -0.3 is 4.42 Å². The van der Waals surface area contributed by atoms with Crippen molar-refractivity contribution in [2.24, 2.45) is 5.92 Å². The Morgan fingerprint density at radius 1 is 0.909 bits per heavy atom. The van der Waals surface area contributed by atoms with Crippen LogP contribution in [0.2, 0.25) is 0 Å². The molecule has 0 N–H and O–H groups in total. The molecule has 4 heteroatoms. The average molecular weight is 436 g/mol. The highest BCUT2D eigenvalue weighted by Crippen LogP contribution is 2.35. The lowest BCUT2D eigenvalue weighted by Gasteiger charge is -2.22. The first-order valence-electron chi connectivity index (χ1n) is 11.5. The van der Waals surface area contributed by atoms with Crippen molar-refractivity contribution in [1.29, 1.82) is 0 Å². The molecule has 0 bridgehead atoms. The van der Waals surface area contributed by atoms with Gasteiger partial charge in [0, 0.05) is 11.8 Å². The Morgan fingerprint density at radius 2 is 1.70 bits per heavy atom. The van der Waals surface area contributed by atoms with Gasteiger partial charge in [-0.05, 0) is 63.9 Å². The predicted molar refractivity (Wildman–Crippen MR) is 135 cm³/mol. The molecule has 166 valence electrons. The summed E-state index contributed by atoms with van der Waals surface area (Å²) in [6, 6.07) is 17.1. The van der Waals surface area contributed by atoms with E-state index in [0.717, 1.165) is 40.0 Å². The van der Waals surface area contributed by atoms with E-state index in [2.05, 4.69) is 87.1 Å². The van der Waals surface area contributed by atoms with Gasteiger partial charge in [0.2, 0.25) is 0 Å². The molecule has 0 aliphatic rings. The number of pyridine rings is 1. The van der Waals surface area contributed by atoms with E-state index in [1.54, 1.807) is 12.6 Å². The molecule has 3 heterocycles. The van der Waals surface area contributed by atoms with Crippen LogP contribution in [0.5, 0.6) is 0 Å². The molecule has 0 atom stereocenters. The summed E-state index contributed by atoms with van der Waals surface area (Å²) >= 11 is 0. The predicted octanol–water partition coefficient (Wildman–Crippen LogP) is 7.60. The number of rotatable bonds is 4. The number of benzene rings is 2. The molecule has 0 spiro atoms. The van der Waals surface area contributed by atoms with Gasteiger partial charge in [0.05, 0.1) is 17.0 Å². The topological polar surface area (TPSA) is 51.8 Å². The van der Waals surface area contributed by atoms with Crippen LogP contribution >= 0.6 is 0 Å². The number of hydrogen-bond donors (Lipinski definition) is 0. The van der Waals surface area contributed by atoms with E-state index >= 15 is 0 Å². The molecule has 0 aliphatic carbocycles. The highest BCUT2D eigenvalue weighted by Gasteiger charge is 2.19. The van der Waals surface area contributed by atoms with E-state index < -0.39 is 0 Å². The fourth-order valence-corrected chi connectivity index (χ4v) is 4.46. The van der Waals surface area contributed by atoms with Gasteiger partial charge in [0.1, 0.15) is 18.1 Å². The van der Waals surface area contributed by atoms with Gasteiger partial charge in [-0.3, -0.25) is 4.98 Å². The summed E-state index contributed by atoms with van der Waals surface area (Å²) in [4.78, 5) is 13.9. The summed E-state index contributed by atoms with van der Waals surface area (Å²) < 4.78 is 5.87. The van der Waals surface area contributed by atoms with Crippen molar-refractivity contribution in [1.82, 2.24) is 15.0 Å². The van der Waals surface area contributed by atoms with Crippen LogP contribution in [-0.4, -0.2) is 15.0 Å². The summed E-state index contributed by atoms with van der Waals surface area (Å²) in [5, 5.41) is 2.50. The minimum atomic E-state index is 0.0177. The van der Waals surface area contributed by atoms with Crippen molar-refractivity contribution < 1.29 is 4.42 Å².